The molecule has 0 saturated heterocycles. The smallest absolute Gasteiger partial charge is 0.226 e. The molecule has 1 aromatic rings. The maximum atomic E-state index is 11.7. The predicted molar refractivity (Wildman–Crippen MR) is 74.7 cm³/mol. The van der Waals surface area contributed by atoms with Gasteiger partial charge in [-0.15, -0.1) is 6.58 Å². The fourth-order valence-electron chi connectivity index (χ4n) is 1.42. The fraction of sp³-hybridized carbons (Fsp3) is 0.333. The highest BCUT2D eigenvalue weighted by Gasteiger charge is 2.05. The molecule has 0 atom stereocenters. The second-order valence-corrected chi connectivity index (χ2v) is 4.28. The van der Waals surface area contributed by atoms with Gasteiger partial charge < -0.3 is 10.1 Å². The average molecular weight is 258 g/mol. The first-order valence-corrected chi connectivity index (χ1v) is 6.14. The number of para-hydroxylation sites is 1. The minimum absolute atomic E-state index is 0.155. The van der Waals surface area contributed by atoms with E-state index in [1.807, 2.05) is 13.0 Å². The van der Waals surface area contributed by atoms with Crippen LogP contribution in [-0.4, -0.2) is 19.1 Å². The maximum Gasteiger partial charge on any atom is 0.226 e. The quantitative estimate of drug-likeness (QED) is 0.604. The molecule has 100 valence electrons. The third-order valence-corrected chi connectivity index (χ3v) is 2.47. The van der Waals surface area contributed by atoms with Crippen LogP contribution in [-0.2, 0) is 9.53 Å². The fourth-order valence-corrected chi connectivity index (χ4v) is 1.42. The standard InChI is InChI=1S/C15H18N2O2/c1-12(2)7-9-19-10-8-15(18)17-14-6-4-3-5-13(14)11-16/h3-6H,1,7-10H2,2H3,(H,17,18). The molecule has 4 nitrogen and oxygen atoms in total. The van der Waals surface area contributed by atoms with Crippen molar-refractivity contribution in [2.24, 2.45) is 0 Å². The summed E-state index contributed by atoms with van der Waals surface area (Å²) in [5.41, 5.74) is 2.06. The van der Waals surface area contributed by atoms with Crippen LogP contribution in [0, 0.1) is 11.3 Å². The summed E-state index contributed by atoms with van der Waals surface area (Å²) >= 11 is 0. The highest BCUT2D eigenvalue weighted by molar-refractivity contribution is 5.92. The number of hydrogen-bond acceptors (Lipinski definition) is 3. The average Bonchev–Trinajstić information content (AvgIpc) is 2.38. The number of rotatable bonds is 7. The van der Waals surface area contributed by atoms with E-state index in [0.29, 0.717) is 24.5 Å². The number of nitrogens with zero attached hydrogens (tertiary/aromatic N) is 1. The maximum absolute atomic E-state index is 11.7. The number of nitriles is 1. The van der Waals surface area contributed by atoms with E-state index in [-0.39, 0.29) is 12.3 Å². The number of carbonyl (C=O) groups excluding carboxylic acids is 1. The molecule has 0 spiro atoms. The van der Waals surface area contributed by atoms with Gasteiger partial charge in [-0.1, -0.05) is 17.7 Å². The summed E-state index contributed by atoms with van der Waals surface area (Å²) in [6, 6.07) is 8.94. The van der Waals surface area contributed by atoms with Gasteiger partial charge in [0.05, 0.1) is 30.9 Å². The number of nitrogens with one attached hydrogen (secondary N) is 1. The summed E-state index contributed by atoms with van der Waals surface area (Å²) in [5, 5.41) is 11.6. The van der Waals surface area contributed by atoms with Crippen molar-refractivity contribution in [3.63, 3.8) is 0 Å². The number of anilines is 1. The number of amides is 1. The van der Waals surface area contributed by atoms with E-state index in [1.54, 1.807) is 24.3 Å². The molecule has 0 aliphatic rings. The Morgan fingerprint density at radius 2 is 2.05 bits per heavy atom. The van der Waals surface area contributed by atoms with Crippen molar-refractivity contribution in [2.75, 3.05) is 18.5 Å². The molecule has 0 fully saturated rings. The largest absolute Gasteiger partial charge is 0.381 e. The first-order valence-electron chi connectivity index (χ1n) is 6.14. The summed E-state index contributed by atoms with van der Waals surface area (Å²) in [7, 11) is 0. The van der Waals surface area contributed by atoms with E-state index in [9.17, 15) is 4.79 Å². The summed E-state index contributed by atoms with van der Waals surface area (Å²) in [5.74, 6) is -0.155. The molecular weight excluding hydrogens is 240 g/mol. The van der Waals surface area contributed by atoms with Crippen LogP contribution in [0.4, 0.5) is 5.69 Å². The topological polar surface area (TPSA) is 62.1 Å². The van der Waals surface area contributed by atoms with Crippen molar-refractivity contribution >= 4 is 11.6 Å². The van der Waals surface area contributed by atoms with Gasteiger partial charge in [-0.05, 0) is 25.5 Å². The van der Waals surface area contributed by atoms with E-state index in [1.165, 1.54) is 0 Å². The third-order valence-electron chi connectivity index (χ3n) is 2.47. The molecule has 1 amide bonds. The molecule has 19 heavy (non-hydrogen) atoms. The van der Waals surface area contributed by atoms with Crippen LogP contribution in [0.1, 0.15) is 25.3 Å². The summed E-state index contributed by atoms with van der Waals surface area (Å²) in [6.45, 7) is 6.66. The Balaban J connectivity index is 2.32. The molecule has 1 N–H and O–H groups in total. The van der Waals surface area contributed by atoms with Gasteiger partial charge in [0.25, 0.3) is 0 Å². The van der Waals surface area contributed by atoms with Crippen LogP contribution in [0.2, 0.25) is 0 Å². The van der Waals surface area contributed by atoms with Crippen molar-refractivity contribution in [1.82, 2.24) is 0 Å². The number of hydrogen-bond donors (Lipinski definition) is 1. The van der Waals surface area contributed by atoms with E-state index in [0.717, 1.165) is 12.0 Å². The molecule has 0 aliphatic heterocycles. The molecule has 0 aliphatic carbocycles. The van der Waals surface area contributed by atoms with E-state index in [2.05, 4.69) is 11.9 Å². The lowest BCUT2D eigenvalue weighted by Gasteiger charge is -2.07. The first kappa shape index (κ1) is 14.9. The van der Waals surface area contributed by atoms with Crippen molar-refractivity contribution in [3.05, 3.63) is 42.0 Å². The minimum atomic E-state index is -0.155. The lowest BCUT2D eigenvalue weighted by atomic mass is 10.2. The Kier molecular flexibility index (Phi) is 6.34. The van der Waals surface area contributed by atoms with Gasteiger partial charge in [0.2, 0.25) is 5.91 Å². The SMILES string of the molecule is C=C(C)CCOCCC(=O)Nc1ccccc1C#N. The zero-order valence-electron chi connectivity index (χ0n) is 11.1. The van der Waals surface area contributed by atoms with Crippen molar-refractivity contribution in [2.45, 2.75) is 19.8 Å². The minimum Gasteiger partial charge on any atom is -0.381 e. The monoisotopic (exact) mass is 258 g/mol. The van der Waals surface area contributed by atoms with Gasteiger partial charge in [-0.25, -0.2) is 0 Å². The molecule has 0 radical (unpaired) electrons. The molecular formula is C15H18N2O2. The molecule has 1 aromatic carbocycles. The predicted octanol–water partition coefficient (Wildman–Crippen LogP) is 2.87. The molecule has 0 heterocycles. The van der Waals surface area contributed by atoms with E-state index in [4.69, 9.17) is 10.00 Å². The second kappa shape index (κ2) is 8.06. The molecule has 0 saturated carbocycles. The third kappa shape index (κ3) is 5.84. The Hall–Kier alpha value is -2.12. The van der Waals surface area contributed by atoms with Crippen LogP contribution in [0.3, 0.4) is 0 Å². The first-order chi connectivity index (χ1) is 9.13. The normalized spacial score (nSPS) is 9.68. The zero-order chi connectivity index (χ0) is 14.1. The van der Waals surface area contributed by atoms with Crippen LogP contribution < -0.4 is 5.32 Å². The summed E-state index contributed by atoms with van der Waals surface area (Å²) in [4.78, 5) is 11.7. The van der Waals surface area contributed by atoms with Crippen LogP contribution in [0.25, 0.3) is 0 Å². The zero-order valence-corrected chi connectivity index (χ0v) is 11.1. The Bertz CT molecular complexity index is 489. The van der Waals surface area contributed by atoms with E-state index >= 15 is 0 Å². The number of carbonyl (C=O) groups is 1. The molecule has 0 aromatic heterocycles. The molecule has 0 bridgehead atoms. The van der Waals surface area contributed by atoms with Crippen molar-refractivity contribution in [1.29, 1.82) is 5.26 Å². The summed E-state index contributed by atoms with van der Waals surface area (Å²) in [6.07, 6.45) is 1.08. The molecule has 1 rings (SSSR count). The Morgan fingerprint density at radius 1 is 1.37 bits per heavy atom. The highest BCUT2D eigenvalue weighted by atomic mass is 16.5. The lowest BCUT2D eigenvalue weighted by Crippen LogP contribution is -2.15. The van der Waals surface area contributed by atoms with Crippen LogP contribution >= 0.6 is 0 Å². The van der Waals surface area contributed by atoms with Gasteiger partial charge in [0.1, 0.15) is 6.07 Å². The van der Waals surface area contributed by atoms with Gasteiger partial charge in [0, 0.05) is 0 Å². The van der Waals surface area contributed by atoms with E-state index < -0.39 is 0 Å². The Morgan fingerprint density at radius 3 is 2.74 bits per heavy atom. The van der Waals surface area contributed by atoms with Gasteiger partial charge in [0.15, 0.2) is 0 Å². The Labute approximate surface area is 113 Å². The van der Waals surface area contributed by atoms with Gasteiger partial charge in [-0.2, -0.15) is 5.26 Å². The van der Waals surface area contributed by atoms with Crippen LogP contribution in [0.15, 0.2) is 36.4 Å². The van der Waals surface area contributed by atoms with Gasteiger partial charge >= 0.3 is 0 Å². The number of ether oxygens (including phenoxy) is 1. The van der Waals surface area contributed by atoms with Gasteiger partial charge in [-0.3, -0.25) is 4.79 Å². The lowest BCUT2D eigenvalue weighted by molar-refractivity contribution is -0.117. The van der Waals surface area contributed by atoms with Crippen molar-refractivity contribution < 1.29 is 9.53 Å². The number of benzene rings is 1. The van der Waals surface area contributed by atoms with Crippen LogP contribution in [0.5, 0.6) is 0 Å². The highest BCUT2D eigenvalue weighted by Crippen LogP contribution is 2.13. The second-order valence-electron chi connectivity index (χ2n) is 4.28. The summed E-state index contributed by atoms with van der Waals surface area (Å²) < 4.78 is 5.32. The molecule has 4 heteroatoms. The van der Waals surface area contributed by atoms with Crippen molar-refractivity contribution in [3.8, 4) is 6.07 Å². The molecule has 0 unspecified atom stereocenters.